The van der Waals surface area contributed by atoms with Crippen LogP contribution in [-0.2, 0) is 4.74 Å². The van der Waals surface area contributed by atoms with Crippen molar-refractivity contribution in [1.82, 2.24) is 9.97 Å². The van der Waals surface area contributed by atoms with Crippen molar-refractivity contribution in [2.75, 3.05) is 18.5 Å². The highest BCUT2D eigenvalue weighted by Gasteiger charge is 2.15. The normalized spacial score (nSPS) is 10.2. The summed E-state index contributed by atoms with van der Waals surface area (Å²) in [4.78, 5) is 20.0. The summed E-state index contributed by atoms with van der Waals surface area (Å²) < 4.78 is 4.93. The zero-order chi connectivity index (χ0) is 15.2. The number of nitrogens with one attached hydrogen (secondary N) is 1. The number of halogens is 1. The molecule has 0 saturated heterocycles. The van der Waals surface area contributed by atoms with Gasteiger partial charge in [0.2, 0.25) is 0 Å². The van der Waals surface area contributed by atoms with Crippen LogP contribution in [0.4, 0.5) is 5.69 Å². The van der Waals surface area contributed by atoms with E-state index < -0.39 is 5.97 Å². The van der Waals surface area contributed by atoms with Crippen LogP contribution >= 0.6 is 22.9 Å². The molecule has 0 unspecified atom stereocenters. The fourth-order valence-electron chi connectivity index (χ4n) is 1.62. The summed E-state index contributed by atoms with van der Waals surface area (Å²) in [5.41, 5.74) is 1.86. The Morgan fingerprint density at radius 1 is 1.62 bits per heavy atom. The molecule has 0 aromatic carbocycles. The Bertz CT molecular complexity index is 657. The summed E-state index contributed by atoms with van der Waals surface area (Å²) in [5.74, 6) is -0.428. The van der Waals surface area contributed by atoms with E-state index in [1.54, 1.807) is 30.6 Å². The van der Waals surface area contributed by atoms with Gasteiger partial charge in [-0.15, -0.1) is 17.9 Å². The van der Waals surface area contributed by atoms with Crippen molar-refractivity contribution in [3.8, 4) is 10.6 Å². The smallest absolute Gasteiger partial charge is 0.357 e. The van der Waals surface area contributed by atoms with Gasteiger partial charge in [-0.1, -0.05) is 17.7 Å². The van der Waals surface area contributed by atoms with E-state index in [0.29, 0.717) is 29.0 Å². The SMILES string of the molecule is C=CCNc1cc(Cl)ncc1-c1nc(C(=O)OCC)cs1. The lowest BCUT2D eigenvalue weighted by molar-refractivity contribution is 0.0520. The van der Waals surface area contributed by atoms with Gasteiger partial charge in [0.05, 0.1) is 12.2 Å². The van der Waals surface area contributed by atoms with E-state index in [1.165, 1.54) is 11.3 Å². The lowest BCUT2D eigenvalue weighted by Gasteiger charge is -2.08. The molecule has 2 aromatic heterocycles. The number of hydrogen-bond acceptors (Lipinski definition) is 6. The van der Waals surface area contributed by atoms with Crippen molar-refractivity contribution in [1.29, 1.82) is 0 Å². The van der Waals surface area contributed by atoms with Gasteiger partial charge in [-0.25, -0.2) is 14.8 Å². The minimum atomic E-state index is -0.428. The van der Waals surface area contributed by atoms with Gasteiger partial charge in [0, 0.05) is 23.8 Å². The first-order valence-electron chi connectivity index (χ1n) is 6.29. The number of carbonyl (C=O) groups is 1. The second-order valence-electron chi connectivity index (χ2n) is 3.98. The van der Waals surface area contributed by atoms with Gasteiger partial charge in [-0.2, -0.15) is 0 Å². The van der Waals surface area contributed by atoms with E-state index in [-0.39, 0.29) is 0 Å². The maximum Gasteiger partial charge on any atom is 0.357 e. The monoisotopic (exact) mass is 323 g/mol. The molecule has 1 N–H and O–H groups in total. The summed E-state index contributed by atoms with van der Waals surface area (Å²) in [7, 11) is 0. The van der Waals surface area contributed by atoms with Gasteiger partial charge in [-0.05, 0) is 13.0 Å². The molecule has 0 saturated carbocycles. The molecule has 0 aliphatic rings. The van der Waals surface area contributed by atoms with Crippen LogP contribution < -0.4 is 5.32 Å². The van der Waals surface area contributed by atoms with Crippen molar-refractivity contribution < 1.29 is 9.53 Å². The average molecular weight is 324 g/mol. The summed E-state index contributed by atoms with van der Waals surface area (Å²) in [5, 5.41) is 5.90. The quantitative estimate of drug-likeness (QED) is 0.499. The number of aromatic nitrogens is 2. The highest BCUT2D eigenvalue weighted by Crippen LogP contribution is 2.31. The fraction of sp³-hybridized carbons (Fsp3) is 0.214. The van der Waals surface area contributed by atoms with E-state index >= 15 is 0 Å². The van der Waals surface area contributed by atoms with E-state index in [9.17, 15) is 4.79 Å². The summed E-state index contributed by atoms with van der Waals surface area (Å²) in [6.07, 6.45) is 3.37. The molecule has 21 heavy (non-hydrogen) atoms. The zero-order valence-electron chi connectivity index (χ0n) is 11.4. The lowest BCUT2D eigenvalue weighted by Crippen LogP contribution is -2.05. The van der Waals surface area contributed by atoms with Gasteiger partial charge >= 0.3 is 5.97 Å². The number of carbonyl (C=O) groups excluding carboxylic acids is 1. The summed E-state index contributed by atoms with van der Waals surface area (Å²) >= 11 is 7.26. The van der Waals surface area contributed by atoms with E-state index in [4.69, 9.17) is 16.3 Å². The van der Waals surface area contributed by atoms with E-state index in [0.717, 1.165) is 11.3 Å². The van der Waals surface area contributed by atoms with Crippen molar-refractivity contribution in [2.45, 2.75) is 6.92 Å². The molecule has 0 amide bonds. The molecule has 0 aliphatic heterocycles. The Morgan fingerprint density at radius 2 is 2.43 bits per heavy atom. The van der Waals surface area contributed by atoms with Gasteiger partial charge < -0.3 is 10.1 Å². The lowest BCUT2D eigenvalue weighted by atomic mass is 10.2. The third-order valence-corrected chi connectivity index (χ3v) is 3.61. The van der Waals surface area contributed by atoms with Gasteiger partial charge in [0.1, 0.15) is 10.2 Å². The molecule has 0 fully saturated rings. The molecule has 0 radical (unpaired) electrons. The standard InChI is InChI=1S/C14H14ClN3O2S/c1-3-5-16-10-6-12(15)17-7-9(10)13-18-11(8-21-13)14(19)20-4-2/h3,6-8H,1,4-5H2,2H3,(H,16,17). The fourth-order valence-corrected chi connectivity index (χ4v) is 2.60. The molecule has 0 aliphatic carbocycles. The summed E-state index contributed by atoms with van der Waals surface area (Å²) in [6.45, 7) is 6.33. The van der Waals surface area contributed by atoms with E-state index in [1.807, 2.05) is 0 Å². The number of ether oxygens (including phenoxy) is 1. The van der Waals surface area contributed by atoms with Crippen LogP contribution in [0.1, 0.15) is 17.4 Å². The Kier molecular flexibility index (Phi) is 5.30. The predicted octanol–water partition coefficient (Wildman–Crippen LogP) is 3.63. The molecule has 0 bridgehead atoms. The number of hydrogen-bond donors (Lipinski definition) is 1. The second kappa shape index (κ2) is 7.19. The second-order valence-corrected chi connectivity index (χ2v) is 5.23. The molecular formula is C14H14ClN3O2S. The van der Waals surface area contributed by atoms with Crippen LogP contribution in [0.25, 0.3) is 10.6 Å². The molecule has 2 rings (SSSR count). The first-order valence-corrected chi connectivity index (χ1v) is 7.54. The maximum absolute atomic E-state index is 11.7. The van der Waals surface area contributed by atoms with Crippen LogP contribution in [0.2, 0.25) is 5.15 Å². The molecule has 5 nitrogen and oxygen atoms in total. The predicted molar refractivity (Wildman–Crippen MR) is 85.0 cm³/mol. The molecule has 0 atom stereocenters. The molecule has 110 valence electrons. The average Bonchev–Trinajstić information content (AvgIpc) is 2.95. The minimum Gasteiger partial charge on any atom is -0.461 e. The number of rotatable bonds is 6. The number of anilines is 1. The maximum atomic E-state index is 11.7. The van der Waals surface area contributed by atoms with Gasteiger partial charge in [0.15, 0.2) is 5.69 Å². The van der Waals surface area contributed by atoms with Crippen LogP contribution in [0.5, 0.6) is 0 Å². The van der Waals surface area contributed by atoms with Crippen molar-refractivity contribution in [2.24, 2.45) is 0 Å². The van der Waals surface area contributed by atoms with Crippen molar-refractivity contribution >= 4 is 34.6 Å². The Morgan fingerprint density at radius 3 is 3.14 bits per heavy atom. The molecule has 2 heterocycles. The van der Waals surface area contributed by atoms with Crippen molar-refractivity contribution in [3.63, 3.8) is 0 Å². The van der Waals surface area contributed by atoms with Crippen molar-refractivity contribution in [3.05, 3.63) is 41.1 Å². The minimum absolute atomic E-state index is 0.293. The Balaban J connectivity index is 2.33. The molecular weight excluding hydrogens is 310 g/mol. The largest absolute Gasteiger partial charge is 0.461 e. The van der Waals surface area contributed by atoms with E-state index in [2.05, 4.69) is 21.9 Å². The zero-order valence-corrected chi connectivity index (χ0v) is 13.0. The van der Waals surface area contributed by atoms with Crippen LogP contribution in [0.15, 0.2) is 30.3 Å². The molecule has 0 spiro atoms. The first kappa shape index (κ1) is 15.5. The number of esters is 1. The van der Waals surface area contributed by atoms with Crippen LogP contribution in [0.3, 0.4) is 0 Å². The Labute approximate surface area is 131 Å². The van der Waals surface area contributed by atoms with Gasteiger partial charge in [-0.3, -0.25) is 0 Å². The third-order valence-electron chi connectivity index (χ3n) is 2.53. The summed E-state index contributed by atoms with van der Waals surface area (Å²) in [6, 6.07) is 1.71. The van der Waals surface area contributed by atoms with Gasteiger partial charge in [0.25, 0.3) is 0 Å². The Hall–Kier alpha value is -1.92. The first-order chi connectivity index (χ1) is 10.2. The van der Waals surface area contributed by atoms with Crippen LogP contribution in [0, 0.1) is 0 Å². The number of pyridine rings is 1. The topological polar surface area (TPSA) is 64.1 Å². The number of nitrogens with zero attached hydrogens (tertiary/aromatic N) is 2. The van der Waals surface area contributed by atoms with Crippen LogP contribution in [-0.4, -0.2) is 29.1 Å². The molecule has 7 heteroatoms. The number of thiazole rings is 1. The third kappa shape index (κ3) is 3.80. The highest BCUT2D eigenvalue weighted by molar-refractivity contribution is 7.13. The highest BCUT2D eigenvalue weighted by atomic mass is 35.5. The molecule has 2 aromatic rings.